The lowest BCUT2D eigenvalue weighted by molar-refractivity contribution is -0.141. The van der Waals surface area contributed by atoms with Gasteiger partial charge >= 0.3 is 6.18 Å². The standard InChI is InChI=1S/C12H11F3N4O2/c1-19-9(5-8(18-19)12(13,14)15)17-11(20)7-3-4-10(21-2)16-6-7/h3-6H,1-2H3,(H,17,20). The molecular weight excluding hydrogens is 289 g/mol. The van der Waals surface area contributed by atoms with Crippen LogP contribution < -0.4 is 10.1 Å². The number of aryl methyl sites for hydroxylation is 1. The maximum atomic E-state index is 12.5. The molecular formula is C12H11F3N4O2. The van der Waals surface area contributed by atoms with Gasteiger partial charge in [-0.1, -0.05) is 0 Å². The zero-order valence-electron chi connectivity index (χ0n) is 11.1. The number of pyridine rings is 1. The maximum absolute atomic E-state index is 12.5. The summed E-state index contributed by atoms with van der Waals surface area (Å²) < 4.78 is 43.3. The summed E-state index contributed by atoms with van der Waals surface area (Å²) in [4.78, 5) is 15.8. The van der Waals surface area contributed by atoms with Gasteiger partial charge in [0.25, 0.3) is 5.91 Å². The Hall–Kier alpha value is -2.58. The number of anilines is 1. The van der Waals surface area contributed by atoms with Gasteiger partial charge in [0.1, 0.15) is 5.82 Å². The number of nitrogens with one attached hydrogen (secondary N) is 1. The Morgan fingerprint density at radius 2 is 2.10 bits per heavy atom. The van der Waals surface area contributed by atoms with E-state index < -0.39 is 17.8 Å². The van der Waals surface area contributed by atoms with Crippen LogP contribution in [0.25, 0.3) is 0 Å². The number of carbonyl (C=O) groups is 1. The van der Waals surface area contributed by atoms with Crippen molar-refractivity contribution in [2.45, 2.75) is 6.18 Å². The average Bonchev–Trinajstić information content (AvgIpc) is 2.80. The summed E-state index contributed by atoms with van der Waals surface area (Å²) in [6.45, 7) is 0. The molecule has 1 N–H and O–H groups in total. The van der Waals surface area contributed by atoms with Gasteiger partial charge in [-0.3, -0.25) is 9.48 Å². The Bertz CT molecular complexity index is 650. The predicted octanol–water partition coefficient (Wildman–Crippen LogP) is 2.09. The molecule has 0 saturated carbocycles. The third kappa shape index (κ3) is 3.30. The lowest BCUT2D eigenvalue weighted by Crippen LogP contribution is -2.14. The van der Waals surface area contributed by atoms with Gasteiger partial charge < -0.3 is 10.1 Å². The van der Waals surface area contributed by atoms with Crippen molar-refractivity contribution in [1.82, 2.24) is 14.8 Å². The minimum Gasteiger partial charge on any atom is -0.481 e. The van der Waals surface area contributed by atoms with Crippen molar-refractivity contribution in [2.75, 3.05) is 12.4 Å². The predicted molar refractivity (Wildman–Crippen MR) is 67.0 cm³/mol. The highest BCUT2D eigenvalue weighted by Gasteiger charge is 2.34. The third-order valence-corrected chi connectivity index (χ3v) is 2.62. The molecule has 0 saturated heterocycles. The van der Waals surface area contributed by atoms with Gasteiger partial charge in [0, 0.05) is 25.4 Å². The number of methoxy groups -OCH3 is 1. The summed E-state index contributed by atoms with van der Waals surface area (Å²) >= 11 is 0. The molecule has 0 aliphatic rings. The summed E-state index contributed by atoms with van der Waals surface area (Å²) in [7, 11) is 2.73. The zero-order valence-corrected chi connectivity index (χ0v) is 11.1. The van der Waals surface area contributed by atoms with Crippen LogP contribution in [0.2, 0.25) is 0 Å². The molecule has 2 rings (SSSR count). The van der Waals surface area contributed by atoms with Crippen molar-refractivity contribution in [1.29, 1.82) is 0 Å². The molecule has 2 aromatic rings. The van der Waals surface area contributed by atoms with Crippen molar-refractivity contribution >= 4 is 11.7 Å². The van der Waals surface area contributed by atoms with Crippen molar-refractivity contribution in [3.8, 4) is 5.88 Å². The summed E-state index contributed by atoms with van der Waals surface area (Å²) in [6, 6.07) is 3.68. The van der Waals surface area contributed by atoms with E-state index in [2.05, 4.69) is 15.4 Å². The fourth-order valence-corrected chi connectivity index (χ4v) is 1.55. The molecule has 0 aliphatic carbocycles. The Balaban J connectivity index is 2.17. The first kappa shape index (κ1) is 14.8. The maximum Gasteiger partial charge on any atom is 0.435 e. The fourth-order valence-electron chi connectivity index (χ4n) is 1.55. The second-order valence-electron chi connectivity index (χ2n) is 4.08. The SMILES string of the molecule is COc1ccc(C(=O)Nc2cc(C(F)(F)F)nn2C)cn1. The van der Waals surface area contributed by atoms with Gasteiger partial charge in [-0.25, -0.2) is 4.98 Å². The number of carbonyl (C=O) groups excluding carboxylic acids is 1. The molecule has 0 fully saturated rings. The van der Waals surface area contributed by atoms with Crippen molar-refractivity contribution < 1.29 is 22.7 Å². The first-order valence-corrected chi connectivity index (χ1v) is 5.74. The molecule has 9 heteroatoms. The Kier molecular flexibility index (Phi) is 3.83. The Labute approximate surface area is 117 Å². The summed E-state index contributed by atoms with van der Waals surface area (Å²) in [5, 5.41) is 5.63. The summed E-state index contributed by atoms with van der Waals surface area (Å²) in [6.07, 6.45) is -3.31. The van der Waals surface area contributed by atoms with Crippen LogP contribution in [-0.2, 0) is 13.2 Å². The Morgan fingerprint density at radius 3 is 2.57 bits per heavy atom. The van der Waals surface area contributed by atoms with Crippen LogP contribution in [0, 0.1) is 0 Å². The molecule has 0 bridgehead atoms. The second kappa shape index (κ2) is 5.43. The number of nitrogens with zero attached hydrogens (tertiary/aromatic N) is 3. The molecule has 0 spiro atoms. The van der Waals surface area contributed by atoms with Crippen LogP contribution in [-0.4, -0.2) is 27.8 Å². The van der Waals surface area contributed by atoms with Crippen LogP contribution in [0.3, 0.4) is 0 Å². The highest BCUT2D eigenvalue weighted by molar-refractivity contribution is 6.03. The van der Waals surface area contributed by atoms with E-state index >= 15 is 0 Å². The van der Waals surface area contributed by atoms with Crippen LogP contribution in [0.5, 0.6) is 5.88 Å². The van der Waals surface area contributed by atoms with Crippen molar-refractivity contribution in [2.24, 2.45) is 7.05 Å². The molecule has 0 radical (unpaired) electrons. The van der Waals surface area contributed by atoms with Gasteiger partial charge in [-0.2, -0.15) is 18.3 Å². The highest BCUT2D eigenvalue weighted by Crippen LogP contribution is 2.29. The zero-order chi connectivity index (χ0) is 15.6. The molecule has 6 nitrogen and oxygen atoms in total. The number of aromatic nitrogens is 3. The van der Waals surface area contributed by atoms with E-state index in [1.165, 1.54) is 32.5 Å². The fraction of sp³-hybridized carbons (Fsp3) is 0.250. The van der Waals surface area contributed by atoms with E-state index in [1.54, 1.807) is 0 Å². The number of alkyl halides is 3. The van der Waals surface area contributed by atoms with Crippen molar-refractivity contribution in [3.63, 3.8) is 0 Å². The number of hydrogen-bond acceptors (Lipinski definition) is 4. The summed E-state index contributed by atoms with van der Waals surface area (Å²) in [5.74, 6) is -0.337. The smallest absolute Gasteiger partial charge is 0.435 e. The lowest BCUT2D eigenvalue weighted by Gasteiger charge is -2.05. The van der Waals surface area contributed by atoms with Crippen LogP contribution in [0.4, 0.5) is 19.0 Å². The van der Waals surface area contributed by atoms with E-state index in [0.29, 0.717) is 5.88 Å². The van der Waals surface area contributed by atoms with E-state index in [0.717, 1.165) is 10.7 Å². The van der Waals surface area contributed by atoms with Crippen LogP contribution in [0.1, 0.15) is 16.1 Å². The quantitative estimate of drug-likeness (QED) is 0.942. The normalized spacial score (nSPS) is 11.3. The van der Waals surface area contributed by atoms with E-state index in [9.17, 15) is 18.0 Å². The van der Waals surface area contributed by atoms with Gasteiger partial charge in [0.05, 0.1) is 12.7 Å². The third-order valence-electron chi connectivity index (χ3n) is 2.62. The summed E-state index contributed by atoms with van der Waals surface area (Å²) in [5.41, 5.74) is -0.890. The molecule has 112 valence electrons. The van der Waals surface area contributed by atoms with Crippen molar-refractivity contribution in [3.05, 3.63) is 35.7 Å². The van der Waals surface area contributed by atoms with Gasteiger partial charge in [0.15, 0.2) is 5.69 Å². The second-order valence-corrected chi connectivity index (χ2v) is 4.08. The Morgan fingerprint density at radius 1 is 1.38 bits per heavy atom. The number of halogens is 3. The molecule has 0 atom stereocenters. The highest BCUT2D eigenvalue weighted by atomic mass is 19.4. The average molecular weight is 300 g/mol. The number of rotatable bonds is 3. The van der Waals surface area contributed by atoms with E-state index in [1.807, 2.05) is 0 Å². The van der Waals surface area contributed by atoms with Crippen LogP contribution in [0.15, 0.2) is 24.4 Å². The monoisotopic (exact) mass is 300 g/mol. The molecule has 0 aromatic carbocycles. The van der Waals surface area contributed by atoms with Gasteiger partial charge in [-0.05, 0) is 6.07 Å². The number of amides is 1. The largest absolute Gasteiger partial charge is 0.481 e. The minimum absolute atomic E-state index is 0.0665. The first-order chi connectivity index (χ1) is 9.81. The minimum atomic E-state index is -4.57. The molecule has 1 amide bonds. The molecule has 2 heterocycles. The van der Waals surface area contributed by atoms with Gasteiger partial charge in [0.2, 0.25) is 5.88 Å². The van der Waals surface area contributed by atoms with Crippen LogP contribution >= 0.6 is 0 Å². The van der Waals surface area contributed by atoms with Gasteiger partial charge in [-0.15, -0.1) is 0 Å². The molecule has 0 aliphatic heterocycles. The molecule has 2 aromatic heterocycles. The van der Waals surface area contributed by atoms with E-state index in [4.69, 9.17) is 4.74 Å². The number of ether oxygens (including phenoxy) is 1. The lowest BCUT2D eigenvalue weighted by atomic mass is 10.2. The molecule has 21 heavy (non-hydrogen) atoms. The first-order valence-electron chi connectivity index (χ1n) is 5.74. The number of hydrogen-bond donors (Lipinski definition) is 1. The molecule has 0 unspecified atom stereocenters. The topological polar surface area (TPSA) is 69.0 Å². The van der Waals surface area contributed by atoms with E-state index in [-0.39, 0.29) is 11.4 Å².